The summed E-state index contributed by atoms with van der Waals surface area (Å²) >= 11 is 1.88. The number of hydrogen-bond donors (Lipinski definition) is 0. The molecule has 2 aliphatic rings. The smallest absolute Gasteiger partial charge is 0.0726 e. The largest absolute Gasteiger partial charge is 0.309 e. The third-order valence-corrected chi connectivity index (χ3v) is 15.5. The number of nitrogens with zero attached hydrogens (tertiary/aromatic N) is 1. The normalized spacial score (nSPS) is 13.0. The molecule has 1 heterocycles. The Morgan fingerprint density at radius 1 is 0.308 bits per heavy atom. The van der Waals surface area contributed by atoms with Crippen LogP contribution in [-0.4, -0.2) is 0 Å². The number of hydrogen-bond acceptors (Lipinski definition) is 2. The highest BCUT2D eigenvalue weighted by Gasteiger charge is 2.51. The van der Waals surface area contributed by atoms with Gasteiger partial charge in [-0.2, -0.15) is 0 Å². The minimum absolute atomic E-state index is 0.437. The van der Waals surface area contributed by atoms with Gasteiger partial charge in [0, 0.05) is 26.8 Å². The molecule has 2 aliphatic carbocycles. The Labute approximate surface area is 381 Å². The summed E-state index contributed by atoms with van der Waals surface area (Å²) in [6.07, 6.45) is 0. The molecule has 0 N–H and O–H groups in total. The minimum atomic E-state index is -0.437. The fraction of sp³-hybridized carbons (Fsp3) is 0.0159. The average molecular weight is 842 g/mol. The summed E-state index contributed by atoms with van der Waals surface area (Å²) in [4.78, 5) is 2.51. The lowest BCUT2D eigenvalue weighted by atomic mass is 9.70. The first-order valence-electron chi connectivity index (χ1n) is 22.5. The van der Waals surface area contributed by atoms with Crippen LogP contribution in [0.4, 0.5) is 17.1 Å². The van der Waals surface area contributed by atoms with Gasteiger partial charge in [-0.25, -0.2) is 0 Å². The predicted octanol–water partition coefficient (Wildman–Crippen LogP) is 17.5. The van der Waals surface area contributed by atoms with Crippen LogP contribution in [0.1, 0.15) is 22.3 Å². The van der Waals surface area contributed by atoms with Crippen molar-refractivity contribution in [3.63, 3.8) is 0 Å². The first kappa shape index (κ1) is 36.4. The molecule has 0 radical (unpaired) electrons. The van der Waals surface area contributed by atoms with Crippen LogP contribution in [0.3, 0.4) is 0 Å². The van der Waals surface area contributed by atoms with Crippen molar-refractivity contribution >= 4 is 70.1 Å². The third-order valence-electron chi connectivity index (χ3n) is 14.3. The van der Waals surface area contributed by atoms with E-state index in [1.165, 1.54) is 114 Å². The Balaban J connectivity index is 0.970. The molecule has 1 aromatic heterocycles. The fourth-order valence-electron chi connectivity index (χ4n) is 11.6. The van der Waals surface area contributed by atoms with Crippen LogP contribution < -0.4 is 4.90 Å². The Kier molecular flexibility index (Phi) is 7.84. The SMILES string of the molecule is c1ccc2c(c1)-c1ccccc1C21c2ccccc2-c2ccc(N(c3ccc(-c4ccc(-c5cccc6ccccc56)c5ccccc45)cc3)c3cccc4c3sc3ccccc34)cc21. The Morgan fingerprint density at radius 2 is 0.785 bits per heavy atom. The van der Waals surface area contributed by atoms with E-state index in [9.17, 15) is 0 Å². The van der Waals surface area contributed by atoms with Crippen LogP contribution >= 0.6 is 11.3 Å². The van der Waals surface area contributed by atoms with Gasteiger partial charge in [0.25, 0.3) is 0 Å². The molecule has 1 nitrogen and oxygen atoms in total. The molecule has 65 heavy (non-hydrogen) atoms. The number of thiophene rings is 1. The Bertz CT molecular complexity index is 3840. The van der Waals surface area contributed by atoms with Gasteiger partial charge in [-0.1, -0.05) is 200 Å². The van der Waals surface area contributed by atoms with E-state index in [4.69, 9.17) is 0 Å². The monoisotopic (exact) mass is 841 g/mol. The third kappa shape index (κ3) is 5.14. The molecule has 14 rings (SSSR count). The van der Waals surface area contributed by atoms with Gasteiger partial charge in [0.1, 0.15) is 0 Å². The maximum absolute atomic E-state index is 2.51. The van der Waals surface area contributed by atoms with E-state index < -0.39 is 5.41 Å². The van der Waals surface area contributed by atoms with E-state index in [1.807, 2.05) is 11.3 Å². The van der Waals surface area contributed by atoms with Gasteiger partial charge >= 0.3 is 0 Å². The average Bonchev–Trinajstić information content (AvgIpc) is 4.01. The molecule has 2 heteroatoms. The molecule has 302 valence electrons. The van der Waals surface area contributed by atoms with Crippen LogP contribution in [0.15, 0.2) is 237 Å². The molecule has 0 bridgehead atoms. The van der Waals surface area contributed by atoms with E-state index in [1.54, 1.807) is 0 Å². The van der Waals surface area contributed by atoms with Crippen LogP contribution in [0, 0.1) is 0 Å². The Hall–Kier alpha value is -8.04. The van der Waals surface area contributed by atoms with Crippen molar-refractivity contribution in [3.05, 3.63) is 259 Å². The van der Waals surface area contributed by atoms with E-state index in [0.29, 0.717) is 0 Å². The molecule has 0 saturated carbocycles. The molecule has 0 saturated heterocycles. The number of rotatable bonds is 5. The lowest BCUT2D eigenvalue weighted by Crippen LogP contribution is -2.26. The van der Waals surface area contributed by atoms with Crippen molar-refractivity contribution < 1.29 is 0 Å². The standard InChI is InChI=1S/C63H39NS/c1-2-17-44-40(15-1)16-13-24-47(44)49-38-37-45(46-18-3-4-19-48(46)49)41-31-33-42(34-32-41)64(60-29-14-25-55-54-23-8-12-30-61(54)65-62(55)60)43-35-36-53-52-22-7-11-28-58(52)63(59(53)39-43)56-26-9-5-20-50(56)51-21-6-10-27-57(51)63/h1-39H. The summed E-state index contributed by atoms with van der Waals surface area (Å²) in [7, 11) is 0. The zero-order valence-electron chi connectivity index (χ0n) is 35.4. The van der Waals surface area contributed by atoms with Gasteiger partial charge in [0.05, 0.1) is 15.8 Å². The first-order chi connectivity index (χ1) is 32.3. The van der Waals surface area contributed by atoms with Gasteiger partial charge in [0.2, 0.25) is 0 Å². The second kappa shape index (κ2) is 14.0. The number of benzene rings is 11. The molecule has 0 fully saturated rings. The highest BCUT2D eigenvalue weighted by atomic mass is 32.1. The number of fused-ring (bicyclic) bond motifs is 15. The second-order valence-electron chi connectivity index (χ2n) is 17.5. The zero-order chi connectivity index (χ0) is 42.6. The van der Waals surface area contributed by atoms with Crippen molar-refractivity contribution in [2.75, 3.05) is 4.90 Å². The summed E-state index contributed by atoms with van der Waals surface area (Å²) in [5.74, 6) is 0. The lowest BCUT2D eigenvalue weighted by molar-refractivity contribution is 0.793. The van der Waals surface area contributed by atoms with Gasteiger partial charge in [0.15, 0.2) is 0 Å². The summed E-state index contributed by atoms with van der Waals surface area (Å²) in [5.41, 5.74) is 18.6. The molecule has 12 aromatic rings. The summed E-state index contributed by atoms with van der Waals surface area (Å²) in [6.45, 7) is 0. The van der Waals surface area contributed by atoms with Crippen LogP contribution in [0.5, 0.6) is 0 Å². The van der Waals surface area contributed by atoms with Crippen molar-refractivity contribution in [2.24, 2.45) is 0 Å². The predicted molar refractivity (Wildman–Crippen MR) is 276 cm³/mol. The summed E-state index contributed by atoms with van der Waals surface area (Å²) < 4.78 is 2.58. The van der Waals surface area contributed by atoms with E-state index in [2.05, 4.69) is 241 Å². The molecular formula is C63H39NS. The van der Waals surface area contributed by atoms with Gasteiger partial charge in [-0.15, -0.1) is 11.3 Å². The second-order valence-corrected chi connectivity index (χ2v) is 18.5. The van der Waals surface area contributed by atoms with E-state index in [0.717, 1.165) is 11.4 Å². The van der Waals surface area contributed by atoms with Crippen molar-refractivity contribution in [3.8, 4) is 44.5 Å². The highest BCUT2D eigenvalue weighted by molar-refractivity contribution is 7.26. The maximum Gasteiger partial charge on any atom is 0.0726 e. The van der Waals surface area contributed by atoms with Crippen LogP contribution in [-0.2, 0) is 5.41 Å². The molecular weight excluding hydrogens is 803 g/mol. The molecule has 0 amide bonds. The lowest BCUT2D eigenvalue weighted by Gasteiger charge is -2.32. The highest BCUT2D eigenvalue weighted by Crippen LogP contribution is 2.63. The van der Waals surface area contributed by atoms with E-state index >= 15 is 0 Å². The number of anilines is 3. The van der Waals surface area contributed by atoms with Crippen LogP contribution in [0.25, 0.3) is 86.2 Å². The summed E-state index contributed by atoms with van der Waals surface area (Å²) in [6, 6.07) is 88.3. The van der Waals surface area contributed by atoms with Gasteiger partial charge < -0.3 is 4.90 Å². The van der Waals surface area contributed by atoms with Crippen molar-refractivity contribution in [2.45, 2.75) is 5.41 Å². The van der Waals surface area contributed by atoms with Crippen molar-refractivity contribution in [1.29, 1.82) is 0 Å². The first-order valence-corrected chi connectivity index (χ1v) is 23.3. The maximum atomic E-state index is 2.51. The van der Waals surface area contributed by atoms with Crippen LogP contribution in [0.2, 0.25) is 0 Å². The Morgan fingerprint density at radius 3 is 1.51 bits per heavy atom. The minimum Gasteiger partial charge on any atom is -0.309 e. The van der Waals surface area contributed by atoms with Gasteiger partial charge in [-0.05, 0) is 125 Å². The zero-order valence-corrected chi connectivity index (χ0v) is 36.2. The fourth-order valence-corrected chi connectivity index (χ4v) is 12.8. The summed E-state index contributed by atoms with van der Waals surface area (Å²) in [5, 5.41) is 7.61. The molecule has 0 unspecified atom stereocenters. The molecule has 1 spiro atoms. The van der Waals surface area contributed by atoms with E-state index in [-0.39, 0.29) is 0 Å². The molecule has 0 atom stereocenters. The molecule has 11 aromatic carbocycles. The molecule has 0 aliphatic heterocycles. The van der Waals surface area contributed by atoms with Crippen molar-refractivity contribution in [1.82, 2.24) is 0 Å². The quantitative estimate of drug-likeness (QED) is 0.167. The topological polar surface area (TPSA) is 3.24 Å². The van der Waals surface area contributed by atoms with Gasteiger partial charge in [-0.3, -0.25) is 0 Å².